The molecule has 1 aliphatic heterocycles. The van der Waals surface area contributed by atoms with E-state index in [9.17, 15) is 0 Å². The average Bonchev–Trinajstić information content (AvgIpc) is 2.69. The van der Waals surface area contributed by atoms with Crippen LogP contribution in [0.25, 0.3) is 11.1 Å². The second kappa shape index (κ2) is 3.91. The quantitative estimate of drug-likeness (QED) is 0.578. The Morgan fingerprint density at radius 1 is 1.00 bits per heavy atom. The van der Waals surface area contributed by atoms with Gasteiger partial charge in [-0.15, -0.1) is 0 Å². The zero-order chi connectivity index (χ0) is 11.0. The molecule has 0 amide bonds. The number of hydrogen-bond donors (Lipinski definition) is 0. The number of hydrogen-bond acceptors (Lipinski definition) is 0. The summed E-state index contributed by atoms with van der Waals surface area (Å²) in [5.41, 5.74) is 4.53. The number of fused-ring (bicyclic) bond motifs is 3. The standard InChI is InChI=1S/C15H15Si/c1-2-6-11-7-5-9-13-12-8-3-4-10-14(12)16-15(11)13/h2-5,7-10H,6,16H2,1H3. The van der Waals surface area contributed by atoms with Gasteiger partial charge >= 0.3 is 0 Å². The first kappa shape index (κ1) is 9.85. The third-order valence-electron chi connectivity index (χ3n) is 3.37. The van der Waals surface area contributed by atoms with Gasteiger partial charge in [0.2, 0.25) is 0 Å². The summed E-state index contributed by atoms with van der Waals surface area (Å²) in [7, 11) is -0.229. The topological polar surface area (TPSA) is 0 Å². The zero-order valence-corrected chi connectivity index (χ0v) is 10.9. The van der Waals surface area contributed by atoms with Crippen LogP contribution < -0.4 is 10.4 Å². The van der Waals surface area contributed by atoms with Gasteiger partial charge in [0, 0.05) is 0 Å². The van der Waals surface area contributed by atoms with Crippen molar-refractivity contribution in [1.29, 1.82) is 0 Å². The molecule has 0 spiro atoms. The molecule has 0 bridgehead atoms. The summed E-state index contributed by atoms with van der Waals surface area (Å²) in [5, 5.41) is 3.28. The lowest BCUT2D eigenvalue weighted by Crippen LogP contribution is -2.24. The van der Waals surface area contributed by atoms with Crippen LogP contribution in [0.5, 0.6) is 0 Å². The van der Waals surface area contributed by atoms with E-state index in [1.165, 1.54) is 11.1 Å². The molecule has 0 saturated carbocycles. The van der Waals surface area contributed by atoms with Crippen molar-refractivity contribution in [2.24, 2.45) is 0 Å². The second-order valence-electron chi connectivity index (χ2n) is 4.39. The normalized spacial score (nSPS) is 13.8. The van der Waals surface area contributed by atoms with E-state index in [1.54, 1.807) is 15.9 Å². The van der Waals surface area contributed by atoms with Gasteiger partial charge in [-0.25, -0.2) is 0 Å². The maximum Gasteiger partial charge on any atom is 0.0894 e. The molecule has 1 heteroatoms. The molecule has 16 heavy (non-hydrogen) atoms. The van der Waals surface area contributed by atoms with E-state index >= 15 is 0 Å². The Morgan fingerprint density at radius 2 is 1.81 bits per heavy atom. The third kappa shape index (κ3) is 1.43. The summed E-state index contributed by atoms with van der Waals surface area (Å²) in [6, 6.07) is 15.7. The molecule has 0 aromatic heterocycles. The summed E-state index contributed by atoms with van der Waals surface area (Å²) >= 11 is 0. The first-order chi connectivity index (χ1) is 7.90. The SMILES string of the molecule is C[CH]Cc1cccc2c1[SiH2]c1ccccc1-2. The second-order valence-corrected chi connectivity index (χ2v) is 6.21. The Morgan fingerprint density at radius 3 is 2.69 bits per heavy atom. The van der Waals surface area contributed by atoms with Crippen molar-refractivity contribution in [3.63, 3.8) is 0 Å². The molecule has 1 heterocycles. The highest BCUT2D eigenvalue weighted by Crippen LogP contribution is 2.21. The highest BCUT2D eigenvalue weighted by molar-refractivity contribution is 6.73. The van der Waals surface area contributed by atoms with Crippen LogP contribution in [-0.4, -0.2) is 9.52 Å². The zero-order valence-electron chi connectivity index (χ0n) is 9.53. The van der Waals surface area contributed by atoms with Crippen LogP contribution >= 0.6 is 0 Å². The fourth-order valence-corrected chi connectivity index (χ4v) is 4.76. The minimum atomic E-state index is -0.229. The predicted octanol–water partition coefficient (Wildman–Crippen LogP) is 1.55. The predicted molar refractivity (Wildman–Crippen MR) is 73.4 cm³/mol. The van der Waals surface area contributed by atoms with Crippen LogP contribution in [0.4, 0.5) is 0 Å². The Balaban J connectivity index is 2.16. The maximum absolute atomic E-state index is 2.31. The van der Waals surface area contributed by atoms with E-state index in [0.717, 1.165) is 6.42 Å². The molecule has 1 radical (unpaired) electrons. The Kier molecular flexibility index (Phi) is 2.41. The number of benzene rings is 2. The molecule has 0 fully saturated rings. The molecule has 1 aliphatic rings. The minimum absolute atomic E-state index is 0.229. The molecule has 2 aromatic rings. The summed E-state index contributed by atoms with van der Waals surface area (Å²) < 4.78 is 0. The summed E-state index contributed by atoms with van der Waals surface area (Å²) in [6.07, 6.45) is 3.37. The van der Waals surface area contributed by atoms with Crippen molar-refractivity contribution >= 4 is 19.9 Å². The van der Waals surface area contributed by atoms with Gasteiger partial charge in [0.1, 0.15) is 0 Å². The highest BCUT2D eigenvalue weighted by Gasteiger charge is 2.19. The molecular formula is C15H15Si. The monoisotopic (exact) mass is 223 g/mol. The first-order valence-electron chi connectivity index (χ1n) is 5.87. The fourth-order valence-electron chi connectivity index (χ4n) is 2.63. The van der Waals surface area contributed by atoms with E-state index in [0.29, 0.717) is 0 Å². The molecule has 0 unspecified atom stereocenters. The molecule has 0 nitrogen and oxygen atoms in total. The van der Waals surface area contributed by atoms with Crippen LogP contribution in [0.15, 0.2) is 42.5 Å². The largest absolute Gasteiger partial charge is 0.0894 e. The lowest BCUT2D eigenvalue weighted by atomic mass is 10.0. The first-order valence-corrected chi connectivity index (χ1v) is 7.28. The summed E-state index contributed by atoms with van der Waals surface area (Å²) in [6.45, 7) is 2.14. The lowest BCUT2D eigenvalue weighted by molar-refractivity contribution is 1.15. The van der Waals surface area contributed by atoms with Crippen LogP contribution in [0.1, 0.15) is 12.5 Å². The highest BCUT2D eigenvalue weighted by atomic mass is 28.2. The third-order valence-corrected chi connectivity index (χ3v) is 5.56. The summed E-state index contributed by atoms with van der Waals surface area (Å²) in [5.74, 6) is 0. The van der Waals surface area contributed by atoms with E-state index in [2.05, 4.69) is 55.8 Å². The molecule has 79 valence electrons. The molecule has 0 saturated heterocycles. The van der Waals surface area contributed by atoms with Crippen LogP contribution in [0, 0.1) is 6.42 Å². The Labute approximate surface area is 99.2 Å². The Bertz CT molecular complexity index is 529. The lowest BCUT2D eigenvalue weighted by Gasteiger charge is -2.06. The van der Waals surface area contributed by atoms with Crippen LogP contribution in [0.3, 0.4) is 0 Å². The Hall–Kier alpha value is -1.34. The van der Waals surface area contributed by atoms with E-state index in [1.807, 2.05) is 0 Å². The van der Waals surface area contributed by atoms with Crippen molar-refractivity contribution < 1.29 is 0 Å². The van der Waals surface area contributed by atoms with E-state index < -0.39 is 0 Å². The van der Waals surface area contributed by atoms with Gasteiger partial charge in [-0.3, -0.25) is 0 Å². The molecule has 2 aromatic carbocycles. The van der Waals surface area contributed by atoms with Crippen LogP contribution in [-0.2, 0) is 6.42 Å². The minimum Gasteiger partial charge on any atom is -0.0627 e. The van der Waals surface area contributed by atoms with Gasteiger partial charge in [-0.05, 0) is 29.5 Å². The van der Waals surface area contributed by atoms with E-state index in [-0.39, 0.29) is 9.52 Å². The van der Waals surface area contributed by atoms with Crippen molar-refractivity contribution in [3.8, 4) is 11.1 Å². The van der Waals surface area contributed by atoms with E-state index in [4.69, 9.17) is 0 Å². The van der Waals surface area contributed by atoms with Gasteiger partial charge in [-0.2, -0.15) is 0 Å². The van der Waals surface area contributed by atoms with Crippen molar-refractivity contribution in [1.82, 2.24) is 0 Å². The number of rotatable bonds is 2. The molecular weight excluding hydrogens is 208 g/mol. The van der Waals surface area contributed by atoms with Crippen molar-refractivity contribution in [2.45, 2.75) is 13.3 Å². The van der Waals surface area contributed by atoms with Crippen molar-refractivity contribution in [2.75, 3.05) is 0 Å². The van der Waals surface area contributed by atoms with Gasteiger partial charge in [0.15, 0.2) is 0 Å². The van der Waals surface area contributed by atoms with Crippen molar-refractivity contribution in [3.05, 3.63) is 54.4 Å². The van der Waals surface area contributed by atoms with Gasteiger partial charge in [0.25, 0.3) is 0 Å². The molecule has 0 atom stereocenters. The molecule has 3 rings (SSSR count). The van der Waals surface area contributed by atoms with Crippen LogP contribution in [0.2, 0.25) is 0 Å². The van der Waals surface area contributed by atoms with Gasteiger partial charge in [-0.1, -0.05) is 59.8 Å². The van der Waals surface area contributed by atoms with Gasteiger partial charge < -0.3 is 0 Å². The molecule has 0 N–H and O–H groups in total. The molecule has 0 aliphatic carbocycles. The maximum atomic E-state index is 2.31. The fraction of sp³-hybridized carbons (Fsp3) is 0.133. The van der Waals surface area contributed by atoms with Gasteiger partial charge in [0.05, 0.1) is 9.52 Å². The summed E-state index contributed by atoms with van der Waals surface area (Å²) in [4.78, 5) is 0. The smallest absolute Gasteiger partial charge is 0.0627 e. The average molecular weight is 223 g/mol.